The summed E-state index contributed by atoms with van der Waals surface area (Å²) in [7, 11) is 0. The lowest BCUT2D eigenvalue weighted by molar-refractivity contribution is -0.387. The number of aromatic nitrogens is 3. The lowest BCUT2D eigenvalue weighted by Gasteiger charge is -2.13. The lowest BCUT2D eigenvalue weighted by Crippen LogP contribution is -2.13. The number of hydrogen-bond acceptors (Lipinski definition) is 7. The Morgan fingerprint density at radius 1 is 1.11 bits per heavy atom. The number of nitro groups is 1. The van der Waals surface area contributed by atoms with Crippen LogP contribution in [0.15, 0.2) is 48.7 Å². The summed E-state index contributed by atoms with van der Waals surface area (Å²) in [4.78, 5) is 23.3. The van der Waals surface area contributed by atoms with Crippen molar-refractivity contribution in [3.8, 4) is 11.4 Å². The van der Waals surface area contributed by atoms with Gasteiger partial charge >= 0.3 is 5.69 Å². The smallest absolute Gasteiger partial charge is 0.306 e. The number of nitro benzene ring substituents is 1. The lowest BCUT2D eigenvalue weighted by atomic mass is 10.2. The number of pyridine rings is 1. The zero-order valence-electron chi connectivity index (χ0n) is 14.7. The number of rotatable bonds is 6. The molecule has 27 heavy (non-hydrogen) atoms. The molecule has 138 valence electrons. The number of anilines is 3. The van der Waals surface area contributed by atoms with Gasteiger partial charge in [-0.15, -0.1) is 0 Å². The highest BCUT2D eigenvalue weighted by Gasteiger charge is 2.15. The average molecular weight is 368 g/mol. The number of halogens is 1. The maximum absolute atomic E-state index is 13.5. The highest BCUT2D eigenvalue weighted by atomic mass is 19.1. The van der Waals surface area contributed by atoms with Crippen molar-refractivity contribution in [1.82, 2.24) is 15.0 Å². The van der Waals surface area contributed by atoms with E-state index in [4.69, 9.17) is 0 Å². The molecule has 3 aromatic rings. The summed E-state index contributed by atoms with van der Waals surface area (Å²) in [5.74, 6) is -0.119. The maximum atomic E-state index is 13.5. The Morgan fingerprint density at radius 3 is 2.59 bits per heavy atom. The first-order valence-electron chi connectivity index (χ1n) is 8.20. The van der Waals surface area contributed by atoms with Crippen molar-refractivity contribution >= 4 is 23.1 Å². The van der Waals surface area contributed by atoms with Crippen LogP contribution in [0.1, 0.15) is 13.8 Å². The van der Waals surface area contributed by atoms with E-state index in [-0.39, 0.29) is 6.04 Å². The van der Waals surface area contributed by atoms with Gasteiger partial charge in [-0.05, 0) is 38.1 Å². The third kappa shape index (κ3) is 4.51. The van der Waals surface area contributed by atoms with E-state index in [1.54, 1.807) is 18.3 Å². The number of nitrogens with zero attached hydrogens (tertiary/aromatic N) is 4. The fourth-order valence-electron chi connectivity index (χ4n) is 2.36. The van der Waals surface area contributed by atoms with Crippen LogP contribution in [0.2, 0.25) is 0 Å². The summed E-state index contributed by atoms with van der Waals surface area (Å²) in [5, 5.41) is 17.0. The maximum Gasteiger partial charge on any atom is 0.306 e. The summed E-state index contributed by atoms with van der Waals surface area (Å²) in [6.07, 6.45) is 1.66. The fourth-order valence-corrected chi connectivity index (χ4v) is 2.36. The van der Waals surface area contributed by atoms with Crippen LogP contribution in [0.25, 0.3) is 11.4 Å². The molecule has 3 rings (SSSR count). The molecule has 2 heterocycles. The topological polar surface area (TPSA) is 106 Å². The third-order valence-corrected chi connectivity index (χ3v) is 3.49. The fraction of sp³-hybridized carbons (Fsp3) is 0.167. The first kappa shape index (κ1) is 18.2. The second-order valence-corrected chi connectivity index (χ2v) is 6.02. The molecule has 0 aliphatic carbocycles. The number of benzene rings is 1. The molecule has 8 nitrogen and oxygen atoms in total. The molecule has 0 saturated carbocycles. The van der Waals surface area contributed by atoms with E-state index in [9.17, 15) is 14.5 Å². The summed E-state index contributed by atoms with van der Waals surface area (Å²) in [5.41, 5.74) is 0.955. The minimum atomic E-state index is -0.899. The predicted octanol–water partition coefficient (Wildman–Crippen LogP) is 4.15. The van der Waals surface area contributed by atoms with E-state index in [0.29, 0.717) is 28.8 Å². The van der Waals surface area contributed by atoms with Gasteiger partial charge in [-0.3, -0.25) is 15.1 Å². The van der Waals surface area contributed by atoms with E-state index < -0.39 is 16.4 Å². The van der Waals surface area contributed by atoms with Crippen LogP contribution in [-0.4, -0.2) is 25.9 Å². The molecule has 0 unspecified atom stereocenters. The summed E-state index contributed by atoms with van der Waals surface area (Å²) in [6.45, 7) is 3.90. The molecule has 2 N–H and O–H groups in total. The zero-order valence-corrected chi connectivity index (χ0v) is 14.7. The van der Waals surface area contributed by atoms with Gasteiger partial charge in [-0.2, -0.15) is 9.37 Å². The van der Waals surface area contributed by atoms with Crippen molar-refractivity contribution < 1.29 is 9.31 Å². The van der Waals surface area contributed by atoms with Crippen molar-refractivity contribution in [1.29, 1.82) is 0 Å². The van der Waals surface area contributed by atoms with E-state index in [2.05, 4.69) is 25.6 Å². The Hall–Kier alpha value is -3.62. The van der Waals surface area contributed by atoms with Crippen molar-refractivity contribution in [2.24, 2.45) is 0 Å². The third-order valence-electron chi connectivity index (χ3n) is 3.49. The molecule has 2 aromatic heterocycles. The quantitative estimate of drug-likeness (QED) is 0.497. The van der Waals surface area contributed by atoms with Gasteiger partial charge in [0.05, 0.1) is 16.3 Å². The van der Waals surface area contributed by atoms with Crippen molar-refractivity contribution in [3.63, 3.8) is 0 Å². The second-order valence-electron chi connectivity index (χ2n) is 6.02. The Balaban J connectivity index is 1.99. The van der Waals surface area contributed by atoms with Gasteiger partial charge < -0.3 is 10.6 Å². The van der Waals surface area contributed by atoms with Crippen LogP contribution in [0, 0.1) is 15.9 Å². The van der Waals surface area contributed by atoms with Gasteiger partial charge in [-0.25, -0.2) is 4.98 Å². The average Bonchev–Trinajstić information content (AvgIpc) is 2.63. The molecule has 9 heteroatoms. The molecular formula is C18H17FN6O2. The van der Waals surface area contributed by atoms with Gasteiger partial charge in [0.2, 0.25) is 11.8 Å². The highest BCUT2D eigenvalue weighted by molar-refractivity contribution is 5.66. The molecular weight excluding hydrogens is 351 g/mol. The Labute approximate surface area is 154 Å². The monoisotopic (exact) mass is 368 g/mol. The molecule has 0 radical (unpaired) electrons. The second kappa shape index (κ2) is 7.73. The molecule has 0 bridgehead atoms. The zero-order chi connectivity index (χ0) is 19.4. The van der Waals surface area contributed by atoms with Crippen LogP contribution >= 0.6 is 0 Å². The van der Waals surface area contributed by atoms with Crippen LogP contribution < -0.4 is 10.6 Å². The van der Waals surface area contributed by atoms with E-state index in [0.717, 1.165) is 12.1 Å². The molecule has 0 amide bonds. The first-order valence-corrected chi connectivity index (χ1v) is 8.20. The predicted molar refractivity (Wildman–Crippen MR) is 100 cm³/mol. The van der Waals surface area contributed by atoms with Crippen molar-refractivity contribution in [2.45, 2.75) is 19.9 Å². The molecule has 0 atom stereocenters. The summed E-state index contributed by atoms with van der Waals surface area (Å²) in [6, 6.07) is 10.8. The van der Waals surface area contributed by atoms with Crippen LogP contribution in [0.5, 0.6) is 0 Å². The van der Waals surface area contributed by atoms with Gasteiger partial charge in [0.1, 0.15) is 5.82 Å². The van der Waals surface area contributed by atoms with Gasteiger partial charge in [0.25, 0.3) is 0 Å². The van der Waals surface area contributed by atoms with Crippen LogP contribution in [0.3, 0.4) is 0 Å². The molecule has 0 fully saturated rings. The van der Waals surface area contributed by atoms with Crippen molar-refractivity contribution in [3.05, 3.63) is 64.6 Å². The Morgan fingerprint density at radius 2 is 1.93 bits per heavy atom. The van der Waals surface area contributed by atoms with Gasteiger partial charge in [-0.1, -0.05) is 6.07 Å². The Kier molecular flexibility index (Phi) is 5.20. The van der Waals surface area contributed by atoms with Crippen LogP contribution in [0.4, 0.5) is 27.5 Å². The van der Waals surface area contributed by atoms with Gasteiger partial charge in [0, 0.05) is 30.1 Å². The highest BCUT2D eigenvalue weighted by Crippen LogP contribution is 2.26. The molecule has 0 spiro atoms. The molecule has 0 aliphatic heterocycles. The van der Waals surface area contributed by atoms with Crippen molar-refractivity contribution in [2.75, 3.05) is 10.6 Å². The molecule has 0 saturated heterocycles. The largest absolute Gasteiger partial charge is 0.352 e. The van der Waals surface area contributed by atoms with Gasteiger partial charge in [0.15, 0.2) is 0 Å². The van der Waals surface area contributed by atoms with E-state index in [1.807, 2.05) is 26.0 Å². The minimum absolute atomic E-state index is 0.101. The van der Waals surface area contributed by atoms with E-state index >= 15 is 0 Å². The SMILES string of the molecule is CC(C)Nc1nc(Nc2ccc(F)c([N+](=O)[O-])c2)cc(-c2ccccn2)n1. The summed E-state index contributed by atoms with van der Waals surface area (Å²) < 4.78 is 13.5. The van der Waals surface area contributed by atoms with E-state index in [1.165, 1.54) is 6.07 Å². The Bertz CT molecular complexity index is 965. The summed E-state index contributed by atoms with van der Waals surface area (Å²) >= 11 is 0. The first-order chi connectivity index (χ1) is 12.9. The standard InChI is InChI=1S/C18H17FN6O2/c1-11(2)21-18-23-15(14-5-3-4-8-20-14)10-17(24-18)22-12-6-7-13(19)16(9-12)25(26)27/h3-11H,1-2H3,(H2,21,22,23,24). The molecule has 1 aromatic carbocycles. The minimum Gasteiger partial charge on any atom is -0.352 e. The van der Waals surface area contributed by atoms with Crippen LogP contribution in [-0.2, 0) is 0 Å². The molecule has 0 aliphatic rings. The normalized spacial score (nSPS) is 10.7. The number of nitrogens with one attached hydrogen (secondary N) is 2. The number of hydrogen-bond donors (Lipinski definition) is 2.